The molecule has 2 aromatic carbocycles. The summed E-state index contributed by atoms with van der Waals surface area (Å²) in [6, 6.07) is 23.8. The van der Waals surface area contributed by atoms with E-state index in [2.05, 4.69) is 20.6 Å². The van der Waals surface area contributed by atoms with Crippen LogP contribution < -0.4 is 10.6 Å². The van der Waals surface area contributed by atoms with Gasteiger partial charge in [0.15, 0.2) is 0 Å². The van der Waals surface area contributed by atoms with Gasteiger partial charge in [0.05, 0.1) is 5.69 Å². The zero-order valence-electron chi connectivity index (χ0n) is 16.0. The van der Waals surface area contributed by atoms with Gasteiger partial charge in [-0.15, -0.1) is 0 Å². The average molecular weight is 412 g/mol. The highest BCUT2D eigenvalue weighted by molar-refractivity contribution is 6.33. The van der Waals surface area contributed by atoms with Crippen LogP contribution in [0.15, 0.2) is 90.2 Å². The van der Waals surface area contributed by atoms with Crippen LogP contribution >= 0.6 is 11.6 Å². The van der Waals surface area contributed by atoms with Gasteiger partial charge in [0.25, 0.3) is 0 Å². The van der Waals surface area contributed by atoms with Gasteiger partial charge in [-0.3, -0.25) is 4.98 Å². The Morgan fingerprint density at radius 2 is 1.60 bits per heavy atom. The van der Waals surface area contributed by atoms with Crippen molar-refractivity contribution in [1.29, 1.82) is 0 Å². The second kappa shape index (κ2) is 7.97. The molecule has 30 heavy (non-hydrogen) atoms. The zero-order chi connectivity index (χ0) is 20.3. The molecular formula is C24H18ClN5. The Labute approximate surface area is 179 Å². The predicted molar refractivity (Wildman–Crippen MR) is 123 cm³/mol. The van der Waals surface area contributed by atoms with E-state index in [1.807, 2.05) is 72.8 Å². The maximum atomic E-state index is 6.47. The summed E-state index contributed by atoms with van der Waals surface area (Å²) in [5.74, 6) is 1.49. The van der Waals surface area contributed by atoms with Crippen LogP contribution in [0.25, 0.3) is 22.4 Å². The van der Waals surface area contributed by atoms with Crippen LogP contribution in [0.2, 0.25) is 5.02 Å². The van der Waals surface area contributed by atoms with E-state index in [1.54, 1.807) is 12.4 Å². The van der Waals surface area contributed by atoms with E-state index in [0.29, 0.717) is 17.5 Å². The summed E-state index contributed by atoms with van der Waals surface area (Å²) in [6.45, 7) is 0.515. The number of pyridine rings is 2. The molecule has 0 saturated carbocycles. The summed E-state index contributed by atoms with van der Waals surface area (Å²) < 4.78 is 0. The fraction of sp³-hybridized carbons (Fsp3) is 0.0417. The number of aromatic nitrogens is 2. The molecule has 5 rings (SSSR count). The molecule has 0 radical (unpaired) electrons. The third-order valence-corrected chi connectivity index (χ3v) is 5.25. The molecule has 2 aromatic heterocycles. The highest BCUT2D eigenvalue weighted by Gasteiger charge is 2.15. The normalized spacial score (nSPS) is 12.5. The van der Waals surface area contributed by atoms with E-state index in [-0.39, 0.29) is 0 Å². The fourth-order valence-corrected chi connectivity index (χ4v) is 3.71. The highest BCUT2D eigenvalue weighted by atomic mass is 35.5. The van der Waals surface area contributed by atoms with Crippen molar-refractivity contribution in [1.82, 2.24) is 9.97 Å². The van der Waals surface area contributed by atoms with Crippen LogP contribution in [0.1, 0.15) is 5.56 Å². The number of fused-ring (bicyclic) bond motifs is 1. The van der Waals surface area contributed by atoms with Crippen LogP contribution in [0.5, 0.6) is 0 Å². The smallest absolute Gasteiger partial charge is 0.137 e. The lowest BCUT2D eigenvalue weighted by Crippen LogP contribution is -2.22. The van der Waals surface area contributed by atoms with Crippen molar-refractivity contribution < 1.29 is 0 Å². The summed E-state index contributed by atoms with van der Waals surface area (Å²) >= 11 is 6.47. The van der Waals surface area contributed by atoms with Crippen LogP contribution in [0.4, 0.5) is 11.5 Å². The first-order chi connectivity index (χ1) is 14.8. The van der Waals surface area contributed by atoms with Crippen molar-refractivity contribution >= 4 is 28.9 Å². The highest BCUT2D eigenvalue weighted by Crippen LogP contribution is 2.32. The molecule has 0 fully saturated rings. The molecule has 1 aliphatic rings. The standard InChI is InChI=1S/C24H18ClN5/c25-20-7-3-1-5-18(20)22-13-17(16-9-11-26-12-10-16)14-23(29-22)30-24-19-6-2-4-8-21(19)27-15-28-24/h1-14,27H,15H2,(H,28,29,30). The summed E-state index contributed by atoms with van der Waals surface area (Å²) in [4.78, 5) is 13.6. The van der Waals surface area contributed by atoms with Gasteiger partial charge in [-0.2, -0.15) is 0 Å². The van der Waals surface area contributed by atoms with Gasteiger partial charge in [0.1, 0.15) is 18.3 Å². The largest absolute Gasteiger partial charge is 0.366 e. The van der Waals surface area contributed by atoms with E-state index < -0.39 is 0 Å². The van der Waals surface area contributed by atoms with Gasteiger partial charge in [-0.05, 0) is 53.6 Å². The van der Waals surface area contributed by atoms with E-state index >= 15 is 0 Å². The molecule has 0 bridgehead atoms. The molecule has 2 N–H and O–H groups in total. The van der Waals surface area contributed by atoms with Crippen LogP contribution in [-0.2, 0) is 0 Å². The Morgan fingerprint density at radius 1 is 0.833 bits per heavy atom. The minimum Gasteiger partial charge on any atom is -0.366 e. The number of benzene rings is 2. The Balaban J connectivity index is 1.61. The molecule has 0 aliphatic carbocycles. The number of nitrogens with zero attached hydrogens (tertiary/aromatic N) is 3. The number of hydrogen-bond donors (Lipinski definition) is 2. The molecule has 1 aliphatic heterocycles. The molecular weight excluding hydrogens is 394 g/mol. The van der Waals surface area contributed by atoms with E-state index in [4.69, 9.17) is 16.6 Å². The minimum absolute atomic E-state index is 0.515. The zero-order valence-corrected chi connectivity index (χ0v) is 16.8. The first kappa shape index (κ1) is 18.3. The number of halogens is 1. The molecule has 4 aromatic rings. The summed E-state index contributed by atoms with van der Waals surface area (Å²) in [5.41, 5.74) is 5.81. The lowest BCUT2D eigenvalue weighted by atomic mass is 10.0. The second-order valence-corrected chi connectivity index (χ2v) is 7.26. The van der Waals surface area contributed by atoms with Gasteiger partial charge in [0.2, 0.25) is 0 Å². The van der Waals surface area contributed by atoms with E-state index in [0.717, 1.165) is 39.5 Å². The maximum absolute atomic E-state index is 6.47. The molecule has 3 heterocycles. The molecule has 0 saturated heterocycles. The topological polar surface area (TPSA) is 62.2 Å². The third kappa shape index (κ3) is 3.63. The Kier molecular flexibility index (Phi) is 4.87. The summed E-state index contributed by atoms with van der Waals surface area (Å²) in [6.07, 6.45) is 3.57. The molecule has 0 atom stereocenters. The van der Waals surface area contributed by atoms with Gasteiger partial charge in [-0.1, -0.05) is 41.9 Å². The van der Waals surface area contributed by atoms with Crippen molar-refractivity contribution in [2.24, 2.45) is 4.99 Å². The molecule has 5 nitrogen and oxygen atoms in total. The second-order valence-electron chi connectivity index (χ2n) is 6.85. The third-order valence-electron chi connectivity index (χ3n) is 4.92. The first-order valence-electron chi connectivity index (χ1n) is 9.60. The molecule has 6 heteroatoms. The average Bonchev–Trinajstić information content (AvgIpc) is 2.80. The molecule has 0 unspecified atom stereocenters. The van der Waals surface area contributed by atoms with Crippen molar-refractivity contribution in [3.05, 3.63) is 95.8 Å². The number of nitrogens with one attached hydrogen (secondary N) is 2. The number of para-hydroxylation sites is 1. The lowest BCUT2D eigenvalue weighted by molar-refractivity contribution is 1.11. The molecule has 0 amide bonds. The monoisotopic (exact) mass is 411 g/mol. The number of aliphatic imine (C=N–C) groups is 1. The van der Waals surface area contributed by atoms with Gasteiger partial charge < -0.3 is 10.6 Å². The lowest BCUT2D eigenvalue weighted by Gasteiger charge is -2.20. The molecule has 146 valence electrons. The molecule has 0 spiro atoms. The van der Waals surface area contributed by atoms with Gasteiger partial charge in [0, 0.05) is 34.2 Å². The Morgan fingerprint density at radius 3 is 2.43 bits per heavy atom. The van der Waals surface area contributed by atoms with Gasteiger partial charge in [-0.25, -0.2) is 9.98 Å². The van der Waals surface area contributed by atoms with Gasteiger partial charge >= 0.3 is 0 Å². The Hall–Kier alpha value is -3.70. The fourth-order valence-electron chi connectivity index (χ4n) is 3.47. The summed E-state index contributed by atoms with van der Waals surface area (Å²) in [7, 11) is 0. The number of hydrogen-bond acceptors (Lipinski definition) is 5. The van der Waals surface area contributed by atoms with Crippen LogP contribution in [0.3, 0.4) is 0 Å². The van der Waals surface area contributed by atoms with Crippen molar-refractivity contribution in [3.8, 4) is 22.4 Å². The van der Waals surface area contributed by atoms with E-state index in [1.165, 1.54) is 0 Å². The summed E-state index contributed by atoms with van der Waals surface area (Å²) in [5, 5.41) is 7.36. The van der Waals surface area contributed by atoms with Crippen molar-refractivity contribution in [2.45, 2.75) is 0 Å². The minimum atomic E-state index is 0.515. The van der Waals surface area contributed by atoms with Crippen molar-refractivity contribution in [3.63, 3.8) is 0 Å². The van der Waals surface area contributed by atoms with Crippen LogP contribution in [0, 0.1) is 0 Å². The first-order valence-corrected chi connectivity index (χ1v) is 9.98. The number of anilines is 2. The SMILES string of the molecule is Clc1ccccc1-c1cc(-c2ccncc2)cc(NC2=NCNc3ccccc32)n1. The van der Waals surface area contributed by atoms with E-state index in [9.17, 15) is 0 Å². The van der Waals surface area contributed by atoms with Crippen LogP contribution in [-0.4, -0.2) is 22.5 Å². The van der Waals surface area contributed by atoms with Crippen molar-refractivity contribution in [2.75, 3.05) is 17.3 Å². The quantitative estimate of drug-likeness (QED) is 0.453. The number of rotatable bonds is 3. The Bertz CT molecular complexity index is 1240. The predicted octanol–water partition coefficient (Wildman–Crippen LogP) is 5.71. The maximum Gasteiger partial charge on any atom is 0.137 e. The number of amidine groups is 1.